The fourth-order valence-corrected chi connectivity index (χ4v) is 2.09. The summed E-state index contributed by atoms with van der Waals surface area (Å²) in [4.78, 5) is 11.1. The molecule has 0 radical (unpaired) electrons. The molecule has 0 saturated heterocycles. The zero-order valence-corrected chi connectivity index (χ0v) is 11.6. The Hall–Kier alpha value is -1.07. The summed E-state index contributed by atoms with van der Waals surface area (Å²) in [6.07, 6.45) is -0.196. The Morgan fingerprint density at radius 3 is 2.71 bits per heavy atom. The van der Waals surface area contributed by atoms with Gasteiger partial charge in [0, 0.05) is 11.6 Å². The van der Waals surface area contributed by atoms with E-state index >= 15 is 0 Å². The van der Waals surface area contributed by atoms with Crippen molar-refractivity contribution in [3.05, 3.63) is 27.7 Å². The fraction of sp³-hybridized carbons (Fsp3) is 0.417. The molecule has 94 valence electrons. The molecular formula is C12H15BrO4. The van der Waals surface area contributed by atoms with E-state index in [1.165, 1.54) is 6.07 Å². The average molecular weight is 303 g/mol. The van der Waals surface area contributed by atoms with E-state index in [-0.39, 0.29) is 11.7 Å². The van der Waals surface area contributed by atoms with Crippen molar-refractivity contribution < 1.29 is 19.4 Å². The van der Waals surface area contributed by atoms with Crippen LogP contribution in [0.25, 0.3) is 0 Å². The van der Waals surface area contributed by atoms with Crippen molar-refractivity contribution in [3.63, 3.8) is 0 Å². The van der Waals surface area contributed by atoms with Gasteiger partial charge in [0.25, 0.3) is 0 Å². The Labute approximate surface area is 109 Å². The summed E-state index contributed by atoms with van der Waals surface area (Å²) in [6.45, 7) is 4.05. The summed E-state index contributed by atoms with van der Waals surface area (Å²) in [5.41, 5.74) is 0.930. The van der Waals surface area contributed by atoms with E-state index in [1.807, 2.05) is 19.9 Å². The van der Waals surface area contributed by atoms with Gasteiger partial charge in [-0.05, 0) is 31.5 Å². The van der Waals surface area contributed by atoms with Crippen LogP contribution >= 0.6 is 15.9 Å². The number of rotatable bonds is 5. The van der Waals surface area contributed by atoms with Crippen LogP contribution in [0.2, 0.25) is 0 Å². The number of benzene rings is 1. The molecule has 1 atom stereocenters. The van der Waals surface area contributed by atoms with Crippen molar-refractivity contribution in [2.24, 2.45) is 0 Å². The predicted molar refractivity (Wildman–Crippen MR) is 67.8 cm³/mol. The number of methoxy groups -OCH3 is 1. The van der Waals surface area contributed by atoms with E-state index in [0.717, 1.165) is 10.0 Å². The van der Waals surface area contributed by atoms with E-state index in [1.54, 1.807) is 7.11 Å². The van der Waals surface area contributed by atoms with Gasteiger partial charge in [0.2, 0.25) is 0 Å². The van der Waals surface area contributed by atoms with E-state index in [2.05, 4.69) is 15.9 Å². The number of carbonyl (C=O) groups is 1. The average Bonchev–Trinajstić information content (AvgIpc) is 2.21. The Bertz CT molecular complexity index is 417. The molecule has 1 N–H and O–H groups in total. The van der Waals surface area contributed by atoms with Gasteiger partial charge in [-0.2, -0.15) is 0 Å². The maximum Gasteiger partial charge on any atom is 0.339 e. The normalized spacial score (nSPS) is 12.2. The second kappa shape index (κ2) is 6.02. The van der Waals surface area contributed by atoms with Crippen LogP contribution in [0.3, 0.4) is 0 Å². The lowest BCUT2D eigenvalue weighted by molar-refractivity contribution is 0.0672. The van der Waals surface area contributed by atoms with Gasteiger partial charge in [-0.1, -0.05) is 15.9 Å². The molecule has 4 nitrogen and oxygen atoms in total. The van der Waals surface area contributed by atoms with Crippen LogP contribution < -0.4 is 4.74 Å². The molecule has 0 bridgehead atoms. The first-order valence-corrected chi connectivity index (χ1v) is 5.94. The van der Waals surface area contributed by atoms with Crippen molar-refractivity contribution in [3.8, 4) is 5.75 Å². The van der Waals surface area contributed by atoms with Crippen LogP contribution in [-0.4, -0.2) is 30.9 Å². The monoisotopic (exact) mass is 302 g/mol. The van der Waals surface area contributed by atoms with Crippen LogP contribution in [0.1, 0.15) is 22.8 Å². The number of carboxylic acids is 1. The molecule has 0 heterocycles. The largest absolute Gasteiger partial charge is 0.487 e. The lowest BCUT2D eigenvalue weighted by atomic mass is 10.1. The van der Waals surface area contributed by atoms with Crippen LogP contribution in [0, 0.1) is 6.92 Å². The third-order valence-electron chi connectivity index (χ3n) is 2.19. The second-order valence-corrected chi connectivity index (χ2v) is 4.70. The van der Waals surface area contributed by atoms with Gasteiger partial charge in [0.1, 0.15) is 17.4 Å². The van der Waals surface area contributed by atoms with Crippen molar-refractivity contribution in [2.75, 3.05) is 13.7 Å². The standard InChI is InChI=1S/C12H15BrO4/c1-7-4-9(13)5-10(12(14)15)11(7)17-8(2)6-16-3/h4-5,8H,6H2,1-3H3,(H,14,15). The van der Waals surface area contributed by atoms with Crippen LogP contribution in [-0.2, 0) is 4.74 Å². The summed E-state index contributed by atoms with van der Waals surface area (Å²) >= 11 is 3.27. The molecule has 0 aliphatic heterocycles. The third kappa shape index (κ3) is 3.71. The highest BCUT2D eigenvalue weighted by molar-refractivity contribution is 9.10. The minimum atomic E-state index is -1.01. The number of halogens is 1. The number of aromatic carboxylic acids is 1. The lowest BCUT2D eigenvalue weighted by Gasteiger charge is -2.17. The summed E-state index contributed by atoms with van der Waals surface area (Å²) in [7, 11) is 1.58. The molecule has 0 fully saturated rings. The minimum Gasteiger partial charge on any atom is -0.487 e. The first kappa shape index (κ1) is 14.0. The highest BCUT2D eigenvalue weighted by Crippen LogP contribution is 2.29. The van der Waals surface area contributed by atoms with E-state index in [4.69, 9.17) is 14.6 Å². The molecule has 5 heteroatoms. The fourth-order valence-electron chi connectivity index (χ4n) is 1.52. The highest BCUT2D eigenvalue weighted by atomic mass is 79.9. The molecule has 0 aromatic heterocycles. The summed E-state index contributed by atoms with van der Waals surface area (Å²) in [5, 5.41) is 9.13. The second-order valence-electron chi connectivity index (χ2n) is 3.79. The van der Waals surface area contributed by atoms with Gasteiger partial charge in [-0.25, -0.2) is 4.79 Å². The SMILES string of the molecule is COCC(C)Oc1c(C)cc(Br)cc1C(=O)O. The summed E-state index contributed by atoms with van der Waals surface area (Å²) in [5.74, 6) is -0.612. The van der Waals surface area contributed by atoms with Crippen molar-refractivity contribution in [1.29, 1.82) is 0 Å². The molecule has 0 aliphatic rings. The number of aryl methyl sites for hydroxylation is 1. The molecule has 0 amide bonds. The van der Waals surface area contributed by atoms with Gasteiger partial charge < -0.3 is 14.6 Å². The smallest absolute Gasteiger partial charge is 0.339 e. The third-order valence-corrected chi connectivity index (χ3v) is 2.65. The first-order valence-electron chi connectivity index (χ1n) is 5.14. The minimum absolute atomic E-state index is 0.153. The maximum atomic E-state index is 11.1. The van der Waals surface area contributed by atoms with Crippen molar-refractivity contribution >= 4 is 21.9 Å². The van der Waals surface area contributed by atoms with Gasteiger partial charge >= 0.3 is 5.97 Å². The molecule has 0 aliphatic carbocycles. The zero-order chi connectivity index (χ0) is 13.0. The molecule has 1 unspecified atom stereocenters. The number of ether oxygens (including phenoxy) is 2. The van der Waals surface area contributed by atoms with Crippen LogP contribution in [0.4, 0.5) is 0 Å². The first-order chi connectivity index (χ1) is 7.95. The Morgan fingerprint density at radius 2 is 2.18 bits per heavy atom. The summed E-state index contributed by atoms with van der Waals surface area (Å²) < 4.78 is 11.3. The quantitative estimate of drug-likeness (QED) is 0.908. The Balaban J connectivity index is 3.08. The van der Waals surface area contributed by atoms with Crippen molar-refractivity contribution in [1.82, 2.24) is 0 Å². The van der Waals surface area contributed by atoms with Crippen LogP contribution in [0.15, 0.2) is 16.6 Å². The van der Waals surface area contributed by atoms with Gasteiger partial charge in [0.05, 0.1) is 6.61 Å². The molecule has 17 heavy (non-hydrogen) atoms. The topological polar surface area (TPSA) is 55.8 Å². The lowest BCUT2D eigenvalue weighted by Crippen LogP contribution is -2.20. The van der Waals surface area contributed by atoms with Gasteiger partial charge in [-0.15, -0.1) is 0 Å². The van der Waals surface area contributed by atoms with E-state index in [9.17, 15) is 4.79 Å². The Morgan fingerprint density at radius 1 is 1.53 bits per heavy atom. The molecule has 0 saturated carbocycles. The molecule has 0 spiro atoms. The number of carboxylic acid groups (broad SMARTS) is 1. The molecule has 1 rings (SSSR count). The van der Waals surface area contributed by atoms with Gasteiger partial charge in [0.15, 0.2) is 0 Å². The van der Waals surface area contributed by atoms with Crippen molar-refractivity contribution in [2.45, 2.75) is 20.0 Å². The van der Waals surface area contributed by atoms with Crippen LogP contribution in [0.5, 0.6) is 5.75 Å². The van der Waals surface area contributed by atoms with E-state index in [0.29, 0.717) is 12.4 Å². The van der Waals surface area contributed by atoms with E-state index < -0.39 is 5.97 Å². The number of hydrogen-bond acceptors (Lipinski definition) is 3. The molecule has 1 aromatic rings. The molecular weight excluding hydrogens is 288 g/mol. The summed E-state index contributed by atoms with van der Waals surface area (Å²) in [6, 6.07) is 3.35. The highest BCUT2D eigenvalue weighted by Gasteiger charge is 2.17. The molecule has 1 aromatic carbocycles. The number of hydrogen-bond donors (Lipinski definition) is 1. The Kier molecular flexibility index (Phi) is 4.96. The predicted octanol–water partition coefficient (Wildman–Crippen LogP) is 2.87. The maximum absolute atomic E-state index is 11.1. The van der Waals surface area contributed by atoms with Gasteiger partial charge in [-0.3, -0.25) is 0 Å². The zero-order valence-electron chi connectivity index (χ0n) is 9.99.